The van der Waals surface area contributed by atoms with Gasteiger partial charge < -0.3 is 4.74 Å². The number of nitrogens with zero attached hydrogens (tertiary/aromatic N) is 1. The third-order valence-corrected chi connectivity index (χ3v) is 4.89. The van der Waals surface area contributed by atoms with E-state index in [-0.39, 0.29) is 23.9 Å². The van der Waals surface area contributed by atoms with Gasteiger partial charge in [0, 0.05) is 0 Å². The molecular weight excluding hydrogens is 274 g/mol. The maximum Gasteiger partial charge on any atom is 0.340 e. The first-order valence-corrected chi connectivity index (χ1v) is 7.76. The molecule has 0 bridgehead atoms. The van der Waals surface area contributed by atoms with E-state index in [1.165, 1.54) is 0 Å². The summed E-state index contributed by atoms with van der Waals surface area (Å²) in [6.07, 6.45) is 0.362. The number of aromatic nitrogens is 3. The standard InChI is InChI=1S/C10H15N3O5S/c1-2-18-9(14)7(8-11-10(15)13-12-8)6-3-4-19(16,17)5-6/h6-7H,2-5H2,1H3,(H2,11,12,13,15). The fourth-order valence-corrected chi connectivity index (χ4v) is 4.12. The Labute approximate surface area is 109 Å². The molecule has 0 amide bonds. The van der Waals surface area contributed by atoms with Crippen LogP contribution in [0.5, 0.6) is 0 Å². The van der Waals surface area contributed by atoms with Crippen LogP contribution in [0.4, 0.5) is 0 Å². The molecule has 0 radical (unpaired) electrons. The van der Waals surface area contributed by atoms with Crippen LogP contribution in [0.3, 0.4) is 0 Å². The molecule has 1 aliphatic rings. The highest BCUT2D eigenvalue weighted by Crippen LogP contribution is 2.32. The lowest BCUT2D eigenvalue weighted by atomic mass is 9.91. The number of hydrogen-bond acceptors (Lipinski definition) is 6. The van der Waals surface area contributed by atoms with Crippen molar-refractivity contribution in [3.05, 3.63) is 16.3 Å². The molecular formula is C10H15N3O5S. The summed E-state index contributed by atoms with van der Waals surface area (Å²) in [6.45, 7) is 1.84. The minimum Gasteiger partial charge on any atom is -0.465 e. The Bertz CT molecular complexity index is 617. The third-order valence-electron chi connectivity index (χ3n) is 3.09. The molecule has 0 aromatic carbocycles. The van der Waals surface area contributed by atoms with E-state index in [0.717, 1.165) is 0 Å². The van der Waals surface area contributed by atoms with Crippen LogP contribution < -0.4 is 5.69 Å². The summed E-state index contributed by atoms with van der Waals surface area (Å²) in [6, 6.07) is 0. The van der Waals surface area contributed by atoms with Crippen LogP contribution in [0.15, 0.2) is 4.79 Å². The summed E-state index contributed by atoms with van der Waals surface area (Å²) in [7, 11) is -3.13. The first-order chi connectivity index (χ1) is 8.93. The second kappa shape index (κ2) is 5.16. The fourth-order valence-electron chi connectivity index (χ4n) is 2.28. The van der Waals surface area contributed by atoms with Gasteiger partial charge in [-0.2, -0.15) is 5.10 Å². The van der Waals surface area contributed by atoms with Crippen molar-refractivity contribution >= 4 is 15.8 Å². The van der Waals surface area contributed by atoms with Crippen molar-refractivity contribution in [2.45, 2.75) is 19.3 Å². The van der Waals surface area contributed by atoms with Gasteiger partial charge in [-0.3, -0.25) is 9.78 Å². The molecule has 106 valence electrons. The van der Waals surface area contributed by atoms with Crippen LogP contribution in [0.2, 0.25) is 0 Å². The Morgan fingerprint density at radius 1 is 1.58 bits per heavy atom. The van der Waals surface area contributed by atoms with Crippen molar-refractivity contribution in [3.8, 4) is 0 Å². The molecule has 8 nitrogen and oxygen atoms in total. The van der Waals surface area contributed by atoms with E-state index in [2.05, 4.69) is 15.2 Å². The average Bonchev–Trinajstić information content (AvgIpc) is 2.87. The topological polar surface area (TPSA) is 122 Å². The lowest BCUT2D eigenvalue weighted by molar-refractivity contribution is -0.146. The molecule has 9 heteroatoms. The van der Waals surface area contributed by atoms with Crippen molar-refractivity contribution < 1.29 is 17.9 Å². The van der Waals surface area contributed by atoms with E-state index in [1.807, 2.05) is 0 Å². The van der Waals surface area contributed by atoms with Crippen molar-refractivity contribution in [2.75, 3.05) is 18.1 Å². The predicted molar refractivity (Wildman–Crippen MR) is 65.3 cm³/mol. The van der Waals surface area contributed by atoms with Gasteiger partial charge in [-0.25, -0.2) is 18.3 Å². The normalized spacial score (nSPS) is 23.1. The molecule has 0 aliphatic carbocycles. The second-order valence-electron chi connectivity index (χ2n) is 4.46. The molecule has 1 saturated heterocycles. The van der Waals surface area contributed by atoms with Crippen LogP contribution in [0.25, 0.3) is 0 Å². The quantitative estimate of drug-likeness (QED) is 0.698. The van der Waals surface area contributed by atoms with Crippen LogP contribution in [0, 0.1) is 5.92 Å². The lowest BCUT2D eigenvalue weighted by Crippen LogP contribution is -2.26. The monoisotopic (exact) mass is 289 g/mol. The van der Waals surface area contributed by atoms with Gasteiger partial charge in [0.05, 0.1) is 18.1 Å². The van der Waals surface area contributed by atoms with E-state index in [1.54, 1.807) is 6.92 Å². The van der Waals surface area contributed by atoms with Gasteiger partial charge in [-0.05, 0) is 19.3 Å². The summed E-state index contributed by atoms with van der Waals surface area (Å²) in [5.41, 5.74) is -0.537. The number of nitrogens with one attached hydrogen (secondary N) is 2. The van der Waals surface area contributed by atoms with E-state index < -0.39 is 33.3 Å². The fraction of sp³-hybridized carbons (Fsp3) is 0.700. The Kier molecular flexibility index (Phi) is 3.74. The average molecular weight is 289 g/mol. The summed E-state index contributed by atoms with van der Waals surface area (Å²) < 4.78 is 28.0. The summed E-state index contributed by atoms with van der Waals surface area (Å²) in [4.78, 5) is 25.4. The SMILES string of the molecule is CCOC(=O)C(c1n[nH]c(=O)[nH]1)C1CCS(=O)(=O)C1. The molecule has 0 saturated carbocycles. The molecule has 2 unspecified atom stereocenters. The number of carbonyl (C=O) groups is 1. The summed E-state index contributed by atoms with van der Waals surface area (Å²) in [5.74, 6) is -1.75. The van der Waals surface area contributed by atoms with Crippen molar-refractivity contribution in [3.63, 3.8) is 0 Å². The van der Waals surface area contributed by atoms with Crippen molar-refractivity contribution in [1.29, 1.82) is 0 Å². The van der Waals surface area contributed by atoms with Gasteiger partial charge in [0.15, 0.2) is 9.84 Å². The number of ether oxygens (including phenoxy) is 1. The predicted octanol–water partition coefficient (Wildman–Crippen LogP) is -0.821. The summed E-state index contributed by atoms with van der Waals surface area (Å²) >= 11 is 0. The number of aromatic amines is 2. The van der Waals surface area contributed by atoms with Crippen LogP contribution in [0.1, 0.15) is 25.1 Å². The molecule has 2 heterocycles. The van der Waals surface area contributed by atoms with Gasteiger partial charge in [0.1, 0.15) is 11.7 Å². The first kappa shape index (κ1) is 13.8. The van der Waals surface area contributed by atoms with Gasteiger partial charge >= 0.3 is 11.7 Å². The highest BCUT2D eigenvalue weighted by Gasteiger charge is 2.40. The maximum absolute atomic E-state index is 12.0. The zero-order valence-corrected chi connectivity index (χ0v) is 11.2. The zero-order chi connectivity index (χ0) is 14.0. The minimum absolute atomic E-state index is 0.0439. The largest absolute Gasteiger partial charge is 0.465 e. The summed E-state index contributed by atoms with van der Waals surface area (Å²) in [5, 5.41) is 5.90. The highest BCUT2D eigenvalue weighted by atomic mass is 32.2. The number of carbonyl (C=O) groups excluding carboxylic acids is 1. The van der Waals surface area contributed by atoms with Crippen LogP contribution in [-0.2, 0) is 19.4 Å². The molecule has 1 aliphatic heterocycles. The minimum atomic E-state index is -3.13. The first-order valence-electron chi connectivity index (χ1n) is 5.94. The molecule has 1 fully saturated rings. The van der Waals surface area contributed by atoms with Gasteiger partial charge in [-0.15, -0.1) is 0 Å². The molecule has 2 N–H and O–H groups in total. The number of sulfone groups is 1. The van der Waals surface area contributed by atoms with Crippen molar-refractivity contribution in [1.82, 2.24) is 15.2 Å². The van der Waals surface area contributed by atoms with E-state index in [0.29, 0.717) is 6.42 Å². The Hall–Kier alpha value is -1.64. The van der Waals surface area contributed by atoms with Crippen LogP contribution >= 0.6 is 0 Å². The van der Waals surface area contributed by atoms with Gasteiger partial charge in [0.2, 0.25) is 0 Å². The number of H-pyrrole nitrogens is 2. The Morgan fingerprint density at radius 2 is 2.32 bits per heavy atom. The van der Waals surface area contributed by atoms with E-state index >= 15 is 0 Å². The number of hydrogen-bond donors (Lipinski definition) is 2. The van der Waals surface area contributed by atoms with E-state index in [9.17, 15) is 18.0 Å². The highest BCUT2D eigenvalue weighted by molar-refractivity contribution is 7.91. The molecule has 19 heavy (non-hydrogen) atoms. The third kappa shape index (κ3) is 3.03. The zero-order valence-electron chi connectivity index (χ0n) is 10.4. The second-order valence-corrected chi connectivity index (χ2v) is 6.68. The van der Waals surface area contributed by atoms with Gasteiger partial charge in [-0.1, -0.05) is 0 Å². The number of rotatable bonds is 4. The molecule has 2 atom stereocenters. The van der Waals surface area contributed by atoms with Gasteiger partial charge in [0.25, 0.3) is 0 Å². The molecule has 1 aromatic heterocycles. The maximum atomic E-state index is 12.0. The molecule has 0 spiro atoms. The smallest absolute Gasteiger partial charge is 0.340 e. The molecule has 2 rings (SSSR count). The van der Waals surface area contributed by atoms with Crippen LogP contribution in [-0.4, -0.2) is 47.7 Å². The number of esters is 1. The van der Waals surface area contributed by atoms with Crippen molar-refractivity contribution in [2.24, 2.45) is 5.92 Å². The Morgan fingerprint density at radius 3 is 2.79 bits per heavy atom. The Balaban J connectivity index is 2.30. The van der Waals surface area contributed by atoms with E-state index in [4.69, 9.17) is 4.74 Å². The molecule has 1 aromatic rings. The lowest BCUT2D eigenvalue weighted by Gasteiger charge is -2.17.